The SMILES string of the molecule is CC1(CC(=O)NN=Cc2cccc(Br)c2)OCCO1. The fraction of sp³-hybridized carbons (Fsp3) is 0.385. The average molecular weight is 327 g/mol. The third-order valence-electron chi connectivity index (χ3n) is 2.63. The Labute approximate surface area is 120 Å². The number of hydrogen-bond acceptors (Lipinski definition) is 4. The fourth-order valence-corrected chi connectivity index (χ4v) is 2.17. The van der Waals surface area contributed by atoms with Crippen LogP contribution in [0.25, 0.3) is 0 Å². The predicted molar refractivity (Wildman–Crippen MR) is 74.8 cm³/mol. The summed E-state index contributed by atoms with van der Waals surface area (Å²) >= 11 is 3.37. The summed E-state index contributed by atoms with van der Waals surface area (Å²) in [4.78, 5) is 11.7. The van der Waals surface area contributed by atoms with E-state index in [0.29, 0.717) is 13.2 Å². The maximum absolute atomic E-state index is 11.7. The minimum atomic E-state index is -0.824. The van der Waals surface area contributed by atoms with Crippen LogP contribution in [-0.2, 0) is 14.3 Å². The topological polar surface area (TPSA) is 59.9 Å². The number of rotatable bonds is 4. The van der Waals surface area contributed by atoms with Crippen molar-refractivity contribution in [1.82, 2.24) is 5.43 Å². The Bertz CT molecular complexity index is 485. The van der Waals surface area contributed by atoms with Crippen molar-refractivity contribution in [3.63, 3.8) is 0 Å². The Balaban J connectivity index is 1.83. The van der Waals surface area contributed by atoms with Gasteiger partial charge in [-0.25, -0.2) is 5.43 Å². The summed E-state index contributed by atoms with van der Waals surface area (Å²) in [7, 11) is 0. The molecule has 19 heavy (non-hydrogen) atoms. The summed E-state index contributed by atoms with van der Waals surface area (Å²) in [5, 5.41) is 3.90. The van der Waals surface area contributed by atoms with Gasteiger partial charge in [0.05, 0.1) is 25.8 Å². The summed E-state index contributed by atoms with van der Waals surface area (Å²) in [6.45, 7) is 2.79. The Hall–Kier alpha value is -1.24. The van der Waals surface area contributed by atoms with Crippen LogP contribution in [-0.4, -0.2) is 31.1 Å². The monoisotopic (exact) mass is 326 g/mol. The predicted octanol–water partition coefficient (Wildman–Crippen LogP) is 2.05. The number of nitrogens with one attached hydrogen (secondary N) is 1. The van der Waals surface area contributed by atoms with E-state index in [1.54, 1.807) is 13.1 Å². The Kier molecular flexibility index (Phi) is 4.68. The maximum atomic E-state index is 11.7. The lowest BCUT2D eigenvalue weighted by Gasteiger charge is -2.20. The number of carbonyl (C=O) groups is 1. The average Bonchev–Trinajstić information content (AvgIpc) is 2.75. The lowest BCUT2D eigenvalue weighted by Crippen LogP contribution is -2.33. The molecule has 102 valence electrons. The molecule has 1 heterocycles. The van der Waals surface area contributed by atoms with E-state index < -0.39 is 5.79 Å². The first kappa shape index (κ1) is 14.2. The molecule has 0 unspecified atom stereocenters. The molecule has 0 aromatic heterocycles. The van der Waals surface area contributed by atoms with Crippen molar-refractivity contribution in [2.75, 3.05) is 13.2 Å². The summed E-state index contributed by atoms with van der Waals surface area (Å²) in [6.07, 6.45) is 1.71. The zero-order valence-electron chi connectivity index (χ0n) is 10.6. The first-order valence-electron chi connectivity index (χ1n) is 5.93. The van der Waals surface area contributed by atoms with Crippen LogP contribution >= 0.6 is 15.9 Å². The smallest absolute Gasteiger partial charge is 0.245 e. The number of halogens is 1. The second-order valence-electron chi connectivity index (χ2n) is 4.36. The van der Waals surface area contributed by atoms with Gasteiger partial charge in [0.2, 0.25) is 5.91 Å². The van der Waals surface area contributed by atoms with Gasteiger partial charge in [-0.1, -0.05) is 28.1 Å². The summed E-state index contributed by atoms with van der Waals surface area (Å²) in [5.74, 6) is -1.06. The Morgan fingerprint density at radius 1 is 1.53 bits per heavy atom. The molecule has 1 aliphatic rings. The number of amides is 1. The highest BCUT2D eigenvalue weighted by molar-refractivity contribution is 9.10. The number of hydrogen-bond donors (Lipinski definition) is 1. The molecule has 1 aliphatic heterocycles. The highest BCUT2D eigenvalue weighted by Crippen LogP contribution is 2.22. The van der Waals surface area contributed by atoms with Gasteiger partial charge in [-0.3, -0.25) is 4.79 Å². The number of carbonyl (C=O) groups excluding carboxylic acids is 1. The van der Waals surface area contributed by atoms with Gasteiger partial charge in [0, 0.05) is 4.47 Å². The van der Waals surface area contributed by atoms with E-state index in [0.717, 1.165) is 10.0 Å². The van der Waals surface area contributed by atoms with Gasteiger partial charge in [-0.15, -0.1) is 0 Å². The molecule has 2 rings (SSSR count). The van der Waals surface area contributed by atoms with Crippen LogP contribution in [0.15, 0.2) is 33.8 Å². The molecule has 5 nitrogen and oxygen atoms in total. The van der Waals surface area contributed by atoms with E-state index in [1.165, 1.54) is 0 Å². The molecule has 6 heteroatoms. The van der Waals surface area contributed by atoms with Crippen LogP contribution in [0.5, 0.6) is 0 Å². The molecule has 0 aliphatic carbocycles. The number of nitrogens with zero attached hydrogens (tertiary/aromatic N) is 1. The van der Waals surface area contributed by atoms with Crippen molar-refractivity contribution in [2.45, 2.75) is 19.1 Å². The zero-order valence-corrected chi connectivity index (χ0v) is 12.1. The van der Waals surface area contributed by atoms with Gasteiger partial charge < -0.3 is 9.47 Å². The van der Waals surface area contributed by atoms with Gasteiger partial charge in [0.15, 0.2) is 5.79 Å². The first-order chi connectivity index (χ1) is 9.07. The minimum absolute atomic E-state index is 0.128. The van der Waals surface area contributed by atoms with Crippen molar-refractivity contribution in [2.24, 2.45) is 5.10 Å². The van der Waals surface area contributed by atoms with Crippen molar-refractivity contribution < 1.29 is 14.3 Å². The molecule has 1 amide bonds. The van der Waals surface area contributed by atoms with Crippen molar-refractivity contribution >= 4 is 28.1 Å². The van der Waals surface area contributed by atoms with Crippen molar-refractivity contribution in [3.8, 4) is 0 Å². The number of ether oxygens (including phenoxy) is 2. The van der Waals surface area contributed by atoms with Crippen LogP contribution in [0.4, 0.5) is 0 Å². The highest BCUT2D eigenvalue weighted by atomic mass is 79.9. The Morgan fingerprint density at radius 3 is 2.95 bits per heavy atom. The number of hydrazone groups is 1. The van der Waals surface area contributed by atoms with Gasteiger partial charge in [-0.2, -0.15) is 5.10 Å². The summed E-state index contributed by atoms with van der Waals surface area (Å²) in [6, 6.07) is 7.62. The van der Waals surface area contributed by atoms with Gasteiger partial charge in [-0.05, 0) is 24.6 Å². The van der Waals surface area contributed by atoms with Crippen LogP contribution < -0.4 is 5.43 Å². The van der Waals surface area contributed by atoms with Gasteiger partial charge in [0.25, 0.3) is 0 Å². The minimum Gasteiger partial charge on any atom is -0.347 e. The molecule has 1 fully saturated rings. The molecule has 0 bridgehead atoms. The van der Waals surface area contributed by atoms with Crippen molar-refractivity contribution in [1.29, 1.82) is 0 Å². The second kappa shape index (κ2) is 6.27. The van der Waals surface area contributed by atoms with Gasteiger partial charge in [0.1, 0.15) is 0 Å². The maximum Gasteiger partial charge on any atom is 0.245 e. The summed E-state index contributed by atoms with van der Waals surface area (Å²) in [5.41, 5.74) is 3.36. The Morgan fingerprint density at radius 2 is 2.26 bits per heavy atom. The molecule has 0 radical (unpaired) electrons. The van der Waals surface area contributed by atoms with Gasteiger partial charge >= 0.3 is 0 Å². The van der Waals surface area contributed by atoms with E-state index >= 15 is 0 Å². The normalized spacial score (nSPS) is 17.8. The molecule has 1 N–H and O–H groups in total. The van der Waals surface area contributed by atoms with Crippen LogP contribution in [0, 0.1) is 0 Å². The first-order valence-corrected chi connectivity index (χ1v) is 6.72. The molecular weight excluding hydrogens is 312 g/mol. The van der Waals surface area contributed by atoms with E-state index in [-0.39, 0.29) is 12.3 Å². The fourth-order valence-electron chi connectivity index (χ4n) is 1.76. The second-order valence-corrected chi connectivity index (χ2v) is 5.27. The lowest BCUT2D eigenvalue weighted by molar-refractivity contribution is -0.159. The molecule has 0 atom stereocenters. The zero-order chi connectivity index (χ0) is 13.7. The molecule has 0 spiro atoms. The van der Waals surface area contributed by atoms with Crippen LogP contribution in [0.1, 0.15) is 18.9 Å². The molecule has 1 aromatic rings. The third kappa shape index (κ3) is 4.41. The van der Waals surface area contributed by atoms with E-state index in [9.17, 15) is 4.79 Å². The largest absolute Gasteiger partial charge is 0.347 e. The van der Waals surface area contributed by atoms with Crippen molar-refractivity contribution in [3.05, 3.63) is 34.3 Å². The standard InChI is InChI=1S/C13H15BrN2O3/c1-13(18-5-6-19-13)8-12(17)16-15-9-10-3-2-4-11(14)7-10/h2-4,7,9H,5-6,8H2,1H3,(H,16,17). The van der Waals surface area contributed by atoms with E-state index in [4.69, 9.17) is 9.47 Å². The summed E-state index contributed by atoms with van der Waals surface area (Å²) < 4.78 is 11.7. The van der Waals surface area contributed by atoms with E-state index in [2.05, 4.69) is 26.5 Å². The molecule has 0 saturated carbocycles. The number of benzene rings is 1. The van der Waals surface area contributed by atoms with Crippen LogP contribution in [0.2, 0.25) is 0 Å². The van der Waals surface area contributed by atoms with E-state index in [1.807, 2.05) is 24.3 Å². The highest BCUT2D eigenvalue weighted by Gasteiger charge is 2.33. The molecule has 1 aromatic carbocycles. The lowest BCUT2D eigenvalue weighted by atomic mass is 10.2. The molecular formula is C13H15BrN2O3. The third-order valence-corrected chi connectivity index (χ3v) is 3.12. The quantitative estimate of drug-likeness (QED) is 0.680. The van der Waals surface area contributed by atoms with Crippen LogP contribution in [0.3, 0.4) is 0 Å². The molecule has 1 saturated heterocycles.